The van der Waals surface area contributed by atoms with Crippen molar-refractivity contribution in [2.24, 2.45) is 0 Å². The third kappa shape index (κ3) is 6.14. The summed E-state index contributed by atoms with van der Waals surface area (Å²) in [6, 6.07) is 10.3. The van der Waals surface area contributed by atoms with Gasteiger partial charge in [-0.25, -0.2) is 9.97 Å². The first-order chi connectivity index (χ1) is 25.1. The highest BCUT2D eigenvalue weighted by atomic mass is 16.2. The van der Waals surface area contributed by atoms with Crippen LogP contribution >= 0.6 is 0 Å². The second-order valence-electron chi connectivity index (χ2n) is 14.1. The minimum Gasteiger partial charge on any atom is -0.368 e. The van der Waals surface area contributed by atoms with Crippen LogP contribution in [0.25, 0.3) is 11.0 Å². The molecule has 1 aliphatic carbocycles. The zero-order valence-corrected chi connectivity index (χ0v) is 29.2. The van der Waals surface area contributed by atoms with Gasteiger partial charge < -0.3 is 19.7 Å². The van der Waals surface area contributed by atoms with Gasteiger partial charge in [0.15, 0.2) is 0 Å². The van der Waals surface area contributed by atoms with E-state index in [1.807, 2.05) is 30.5 Å². The molecule has 3 aromatic heterocycles. The number of imide groups is 2. The van der Waals surface area contributed by atoms with Gasteiger partial charge in [0, 0.05) is 70.9 Å². The van der Waals surface area contributed by atoms with Crippen molar-refractivity contribution in [3.8, 4) is 0 Å². The standard InChI is InChI=1S/C37H40N10O5/c1-43(2)36(52)29-18-23-19-39-37(42-32(23)46(29)24-5-3-4-6-24)40-30-11-8-25(20-38-30)45-15-13-44(14-16-45)21-22-7-9-26-27(17-22)35(51)47(34(26)50)28-10-12-31(48)41-33(28)49/h7-9,11,17-20,24,28H,3-6,10,12-16,21H2,1-2H3,(H,41,48,49)(H,38,39,40,42). The number of rotatable bonds is 8. The average molecular weight is 705 g/mol. The van der Waals surface area contributed by atoms with Crippen LogP contribution in [-0.4, -0.2) is 110 Å². The number of hydrogen-bond donors (Lipinski definition) is 2. The number of hydrogen-bond acceptors (Lipinski definition) is 11. The molecule has 268 valence electrons. The second-order valence-corrected chi connectivity index (χ2v) is 14.1. The summed E-state index contributed by atoms with van der Waals surface area (Å²) >= 11 is 0. The van der Waals surface area contributed by atoms with E-state index in [2.05, 4.69) is 35.0 Å². The lowest BCUT2D eigenvalue weighted by atomic mass is 10.0. The first kappa shape index (κ1) is 33.4. The fourth-order valence-corrected chi connectivity index (χ4v) is 7.79. The first-order valence-corrected chi connectivity index (χ1v) is 17.8. The van der Waals surface area contributed by atoms with Gasteiger partial charge in [0.1, 0.15) is 23.2 Å². The minimum absolute atomic E-state index is 0.0463. The van der Waals surface area contributed by atoms with Crippen molar-refractivity contribution in [2.75, 3.05) is 50.5 Å². The highest BCUT2D eigenvalue weighted by Gasteiger charge is 2.44. The van der Waals surface area contributed by atoms with E-state index in [9.17, 15) is 24.0 Å². The van der Waals surface area contributed by atoms with Crippen LogP contribution in [0, 0.1) is 0 Å². The Morgan fingerprint density at radius 2 is 1.67 bits per heavy atom. The maximum atomic E-state index is 13.3. The summed E-state index contributed by atoms with van der Waals surface area (Å²) in [5, 5.41) is 6.30. The van der Waals surface area contributed by atoms with Crippen molar-refractivity contribution in [3.05, 3.63) is 71.2 Å². The lowest BCUT2D eigenvalue weighted by molar-refractivity contribution is -0.136. The van der Waals surface area contributed by atoms with E-state index in [-0.39, 0.29) is 30.4 Å². The largest absolute Gasteiger partial charge is 0.368 e. The van der Waals surface area contributed by atoms with Crippen LogP contribution < -0.4 is 15.5 Å². The number of fused-ring (bicyclic) bond motifs is 2. The SMILES string of the molecule is CN(C)C(=O)c1cc2cnc(Nc3ccc(N4CCN(Cc5ccc6c(c5)C(=O)N(C5CCC(=O)NC5=O)C6=O)CC4)cn3)nc2n1C1CCCC1. The van der Waals surface area contributed by atoms with Crippen LogP contribution in [0.1, 0.15) is 81.3 Å². The van der Waals surface area contributed by atoms with E-state index < -0.39 is 29.7 Å². The number of piperazine rings is 1. The van der Waals surface area contributed by atoms with E-state index >= 15 is 0 Å². The highest BCUT2D eigenvalue weighted by Crippen LogP contribution is 2.35. The van der Waals surface area contributed by atoms with Gasteiger partial charge in [-0.3, -0.25) is 39.1 Å². The smallest absolute Gasteiger partial charge is 0.270 e. The molecule has 3 fully saturated rings. The van der Waals surface area contributed by atoms with Gasteiger partial charge in [0.2, 0.25) is 17.8 Å². The monoisotopic (exact) mass is 704 g/mol. The summed E-state index contributed by atoms with van der Waals surface area (Å²) in [6.07, 6.45) is 8.12. The Balaban J connectivity index is 0.890. The van der Waals surface area contributed by atoms with E-state index in [0.29, 0.717) is 29.6 Å². The molecule has 6 heterocycles. The first-order valence-electron chi connectivity index (χ1n) is 17.8. The lowest BCUT2D eigenvalue weighted by Crippen LogP contribution is -2.54. The Hall–Kier alpha value is -5.70. The quantitative estimate of drug-likeness (QED) is 0.259. The molecule has 52 heavy (non-hydrogen) atoms. The Bertz CT molecular complexity index is 2100. The second kappa shape index (κ2) is 13.5. The van der Waals surface area contributed by atoms with Crippen LogP contribution in [0.2, 0.25) is 0 Å². The fourth-order valence-electron chi connectivity index (χ4n) is 7.79. The van der Waals surface area contributed by atoms with Crippen molar-refractivity contribution in [1.82, 2.24) is 39.5 Å². The van der Waals surface area contributed by atoms with E-state index in [1.165, 1.54) is 0 Å². The Morgan fingerprint density at radius 3 is 2.38 bits per heavy atom. The van der Waals surface area contributed by atoms with E-state index in [0.717, 1.165) is 79.0 Å². The van der Waals surface area contributed by atoms with Crippen molar-refractivity contribution < 1.29 is 24.0 Å². The number of amides is 5. The Labute approximate surface area is 300 Å². The van der Waals surface area contributed by atoms with Gasteiger partial charge in [-0.2, -0.15) is 4.98 Å². The third-order valence-corrected chi connectivity index (χ3v) is 10.5. The predicted molar refractivity (Wildman–Crippen MR) is 191 cm³/mol. The Morgan fingerprint density at radius 1 is 0.904 bits per heavy atom. The topological polar surface area (TPSA) is 166 Å². The summed E-state index contributed by atoms with van der Waals surface area (Å²) < 4.78 is 2.09. The number of benzene rings is 1. The van der Waals surface area contributed by atoms with Gasteiger partial charge >= 0.3 is 0 Å². The normalized spacial score (nSPS) is 19.8. The molecule has 1 aromatic carbocycles. The van der Waals surface area contributed by atoms with Crippen molar-refractivity contribution in [1.29, 1.82) is 0 Å². The number of aromatic nitrogens is 4. The number of nitrogens with zero attached hydrogens (tertiary/aromatic N) is 8. The van der Waals surface area contributed by atoms with E-state index in [4.69, 9.17) is 4.98 Å². The number of pyridine rings is 1. The van der Waals surface area contributed by atoms with Crippen LogP contribution in [0.15, 0.2) is 48.8 Å². The molecule has 2 N–H and O–H groups in total. The van der Waals surface area contributed by atoms with E-state index in [1.54, 1.807) is 37.3 Å². The molecule has 5 amide bonds. The summed E-state index contributed by atoms with van der Waals surface area (Å²) in [4.78, 5) is 84.5. The van der Waals surface area contributed by atoms with Crippen LogP contribution in [0.3, 0.4) is 0 Å². The molecule has 3 aliphatic heterocycles. The molecule has 8 rings (SSSR count). The maximum Gasteiger partial charge on any atom is 0.270 e. The maximum absolute atomic E-state index is 13.3. The molecular weight excluding hydrogens is 664 g/mol. The lowest BCUT2D eigenvalue weighted by Gasteiger charge is -2.36. The highest BCUT2D eigenvalue weighted by molar-refractivity contribution is 6.23. The molecule has 4 aliphatic rings. The average Bonchev–Trinajstić information content (AvgIpc) is 3.86. The molecule has 15 heteroatoms. The van der Waals surface area contributed by atoms with Gasteiger partial charge in [0.25, 0.3) is 17.7 Å². The van der Waals surface area contributed by atoms with Gasteiger partial charge in [-0.15, -0.1) is 0 Å². The van der Waals surface area contributed by atoms with Crippen LogP contribution in [0.4, 0.5) is 17.5 Å². The Kier molecular flexibility index (Phi) is 8.65. The van der Waals surface area contributed by atoms with Gasteiger partial charge in [-0.05, 0) is 55.2 Å². The van der Waals surface area contributed by atoms with Crippen molar-refractivity contribution >= 4 is 58.0 Å². The van der Waals surface area contributed by atoms with Crippen LogP contribution in [-0.2, 0) is 16.1 Å². The summed E-state index contributed by atoms with van der Waals surface area (Å²) in [7, 11) is 3.53. The molecule has 0 spiro atoms. The third-order valence-electron chi connectivity index (χ3n) is 10.5. The van der Waals surface area contributed by atoms with Crippen molar-refractivity contribution in [3.63, 3.8) is 0 Å². The predicted octanol–water partition coefficient (Wildman–Crippen LogP) is 3.11. The van der Waals surface area contributed by atoms with Gasteiger partial charge in [0.05, 0.1) is 23.0 Å². The molecule has 1 unspecified atom stereocenters. The molecule has 2 saturated heterocycles. The molecule has 0 bridgehead atoms. The van der Waals surface area contributed by atoms with Gasteiger partial charge in [-0.1, -0.05) is 18.9 Å². The molecule has 1 atom stereocenters. The molecule has 0 radical (unpaired) electrons. The molecular formula is C37H40N10O5. The number of carbonyl (C=O) groups is 5. The zero-order chi connectivity index (χ0) is 36.1. The minimum atomic E-state index is -0.979. The van der Waals surface area contributed by atoms with Crippen LogP contribution in [0.5, 0.6) is 0 Å². The van der Waals surface area contributed by atoms with Crippen molar-refractivity contribution in [2.45, 2.75) is 57.2 Å². The number of piperidine rings is 1. The molecule has 4 aromatic rings. The summed E-state index contributed by atoms with van der Waals surface area (Å²) in [5.74, 6) is -1.02. The number of anilines is 3. The molecule has 1 saturated carbocycles. The molecule has 15 nitrogen and oxygen atoms in total. The zero-order valence-electron chi connectivity index (χ0n) is 29.2. The fraction of sp³-hybridized carbons (Fsp3) is 0.405. The summed E-state index contributed by atoms with van der Waals surface area (Å²) in [6.45, 7) is 3.76. The number of nitrogens with one attached hydrogen (secondary N) is 2. The summed E-state index contributed by atoms with van der Waals surface area (Å²) in [5.41, 5.74) is 3.87. The number of carbonyl (C=O) groups excluding carboxylic acids is 5.